The second kappa shape index (κ2) is 12.4. The van der Waals surface area contributed by atoms with Gasteiger partial charge < -0.3 is 25.0 Å². The molecule has 4 aromatic rings. The number of hydrogen-bond donors (Lipinski definition) is 3. The van der Waals surface area contributed by atoms with Crippen LogP contribution in [-0.2, 0) is 14.9 Å². The van der Waals surface area contributed by atoms with Crippen molar-refractivity contribution in [3.63, 3.8) is 0 Å². The number of phenolic OH excluding ortho intramolecular Hbond substituents is 1. The molecule has 0 unspecified atom stereocenters. The molecule has 4 aromatic carbocycles. The third-order valence-electron chi connectivity index (χ3n) is 5.40. The number of phenols is 1. The number of rotatable bonds is 7. The number of methoxy groups -OCH3 is 1. The SMILES string of the molecule is COc1ccccc1NC(=O)c1cc2ccccc2c(N=Nc2cc(NC(C)=O)ccc2S(=O)(=O)[O-])c1O.[Na+]. The number of anilines is 2. The molecule has 0 fully saturated rings. The van der Waals surface area contributed by atoms with Crippen LogP contribution in [0.5, 0.6) is 11.5 Å². The van der Waals surface area contributed by atoms with Crippen LogP contribution in [0.25, 0.3) is 10.8 Å². The Morgan fingerprint density at radius 1 is 0.949 bits per heavy atom. The van der Waals surface area contributed by atoms with E-state index in [0.717, 1.165) is 12.1 Å². The van der Waals surface area contributed by atoms with Crippen molar-refractivity contribution in [3.8, 4) is 11.5 Å². The topological polar surface area (TPSA) is 170 Å². The molecule has 0 saturated heterocycles. The Labute approximate surface area is 246 Å². The van der Waals surface area contributed by atoms with Gasteiger partial charge >= 0.3 is 29.6 Å². The summed E-state index contributed by atoms with van der Waals surface area (Å²) < 4.78 is 40.6. The first-order valence-electron chi connectivity index (χ1n) is 11.1. The molecule has 39 heavy (non-hydrogen) atoms. The summed E-state index contributed by atoms with van der Waals surface area (Å²) in [5.41, 5.74) is -0.0769. The molecule has 2 amide bonds. The predicted molar refractivity (Wildman–Crippen MR) is 139 cm³/mol. The zero-order valence-corrected chi connectivity index (χ0v) is 23.9. The van der Waals surface area contributed by atoms with E-state index in [1.54, 1.807) is 48.5 Å². The first-order valence-corrected chi connectivity index (χ1v) is 12.5. The zero-order chi connectivity index (χ0) is 27.4. The number of hydrogen-bond acceptors (Lipinski definition) is 9. The van der Waals surface area contributed by atoms with Gasteiger partial charge in [-0.1, -0.05) is 36.4 Å². The number of carbonyl (C=O) groups excluding carboxylic acids is 2. The molecule has 0 radical (unpaired) electrons. The van der Waals surface area contributed by atoms with Gasteiger partial charge in [-0.15, -0.1) is 10.2 Å². The average Bonchev–Trinajstić information content (AvgIpc) is 2.87. The fourth-order valence-corrected chi connectivity index (χ4v) is 4.31. The van der Waals surface area contributed by atoms with Gasteiger partial charge in [-0.05, 0) is 41.8 Å². The van der Waals surface area contributed by atoms with Crippen molar-refractivity contribution in [1.29, 1.82) is 0 Å². The molecule has 0 atom stereocenters. The van der Waals surface area contributed by atoms with Gasteiger partial charge in [-0.3, -0.25) is 9.59 Å². The minimum atomic E-state index is -4.95. The van der Waals surface area contributed by atoms with Crippen LogP contribution < -0.4 is 44.9 Å². The number of para-hydroxylation sites is 2. The second-order valence-corrected chi connectivity index (χ2v) is 9.36. The minimum absolute atomic E-state index is 0. The van der Waals surface area contributed by atoms with E-state index in [9.17, 15) is 27.7 Å². The standard InChI is InChI=1S/C26H22N4O7S.Na/c1-15(31)27-17-11-12-23(38(34,35)36)21(14-17)29-30-24-18-8-4-3-7-16(18)13-19(25(24)32)26(33)28-20-9-5-6-10-22(20)37-2;/h3-14,32H,1-2H3,(H,27,31)(H,28,33)(H,34,35,36);/q;+1/p-1. The number of azo groups is 1. The average molecular weight is 557 g/mol. The molecule has 0 aliphatic heterocycles. The maximum atomic E-state index is 13.1. The second-order valence-electron chi connectivity index (χ2n) is 8.01. The van der Waals surface area contributed by atoms with Crippen molar-refractivity contribution in [2.75, 3.05) is 17.7 Å². The fourth-order valence-electron chi connectivity index (χ4n) is 3.72. The van der Waals surface area contributed by atoms with Crippen LogP contribution >= 0.6 is 0 Å². The summed E-state index contributed by atoms with van der Waals surface area (Å²) in [4.78, 5) is 23.9. The van der Waals surface area contributed by atoms with Crippen LogP contribution in [0.3, 0.4) is 0 Å². The van der Waals surface area contributed by atoms with Gasteiger partial charge in [0.15, 0.2) is 5.75 Å². The van der Waals surface area contributed by atoms with Crippen molar-refractivity contribution in [1.82, 2.24) is 0 Å². The van der Waals surface area contributed by atoms with Crippen molar-refractivity contribution in [3.05, 3.63) is 78.4 Å². The van der Waals surface area contributed by atoms with Gasteiger partial charge in [0.05, 0.1) is 23.3 Å². The van der Waals surface area contributed by atoms with Gasteiger partial charge in [-0.25, -0.2) is 8.42 Å². The van der Waals surface area contributed by atoms with Gasteiger partial charge in [0.2, 0.25) is 5.91 Å². The zero-order valence-electron chi connectivity index (χ0n) is 21.1. The Bertz CT molecular complexity index is 1710. The van der Waals surface area contributed by atoms with Crippen LogP contribution in [0.4, 0.5) is 22.7 Å². The number of amides is 2. The molecule has 0 aliphatic rings. The summed E-state index contributed by atoms with van der Waals surface area (Å²) in [5, 5.41) is 25.1. The smallest absolute Gasteiger partial charge is 0.744 e. The molecule has 0 spiro atoms. The van der Waals surface area contributed by atoms with Crippen molar-refractivity contribution in [2.24, 2.45) is 10.2 Å². The van der Waals surface area contributed by atoms with Crippen LogP contribution in [0, 0.1) is 0 Å². The molecule has 13 heteroatoms. The normalized spacial score (nSPS) is 11.2. The molecule has 0 aliphatic carbocycles. The van der Waals surface area contributed by atoms with Crippen LogP contribution in [0.2, 0.25) is 0 Å². The monoisotopic (exact) mass is 556 g/mol. The first kappa shape index (κ1) is 29.7. The van der Waals surface area contributed by atoms with Gasteiger partial charge in [-0.2, -0.15) is 0 Å². The molecular formula is C26H21N4NaO7S. The molecule has 0 bridgehead atoms. The minimum Gasteiger partial charge on any atom is -0.744 e. The van der Waals surface area contributed by atoms with Crippen LogP contribution in [-0.4, -0.2) is 37.0 Å². The van der Waals surface area contributed by atoms with Crippen LogP contribution in [0.15, 0.2) is 87.9 Å². The van der Waals surface area contributed by atoms with E-state index in [-0.39, 0.29) is 52.2 Å². The predicted octanol–water partition coefficient (Wildman–Crippen LogP) is 2.09. The molecule has 194 valence electrons. The van der Waals surface area contributed by atoms with Gasteiger partial charge in [0.25, 0.3) is 5.91 Å². The van der Waals surface area contributed by atoms with E-state index in [4.69, 9.17) is 4.74 Å². The molecule has 3 N–H and O–H groups in total. The van der Waals surface area contributed by atoms with E-state index >= 15 is 0 Å². The van der Waals surface area contributed by atoms with Crippen molar-refractivity contribution < 1.29 is 62.0 Å². The number of ether oxygens (including phenoxy) is 1. The molecule has 0 aromatic heterocycles. The van der Waals surface area contributed by atoms with E-state index in [2.05, 4.69) is 20.9 Å². The van der Waals surface area contributed by atoms with Crippen LogP contribution in [0.1, 0.15) is 17.3 Å². The summed E-state index contributed by atoms with van der Waals surface area (Å²) in [6.45, 7) is 1.26. The summed E-state index contributed by atoms with van der Waals surface area (Å²) in [7, 11) is -3.50. The maximum Gasteiger partial charge on any atom is 1.00 e. The molecule has 0 heterocycles. The van der Waals surface area contributed by atoms with E-state index in [0.29, 0.717) is 22.2 Å². The molecule has 11 nitrogen and oxygen atoms in total. The summed E-state index contributed by atoms with van der Waals surface area (Å²) in [5.74, 6) is -1.21. The van der Waals surface area contributed by atoms with E-state index in [1.165, 1.54) is 26.2 Å². The number of nitrogens with one attached hydrogen (secondary N) is 2. The summed E-state index contributed by atoms with van der Waals surface area (Å²) in [6, 6.07) is 18.3. The summed E-state index contributed by atoms with van der Waals surface area (Å²) >= 11 is 0. The molecule has 0 saturated carbocycles. The number of fused-ring (bicyclic) bond motifs is 1. The molecule has 4 rings (SSSR count). The quantitative estimate of drug-likeness (QED) is 0.178. The number of aromatic hydroxyl groups is 1. The first-order chi connectivity index (χ1) is 18.1. The van der Waals surface area contributed by atoms with E-state index < -0.39 is 32.6 Å². The number of carbonyl (C=O) groups is 2. The Morgan fingerprint density at radius 2 is 1.64 bits per heavy atom. The summed E-state index contributed by atoms with van der Waals surface area (Å²) in [6.07, 6.45) is 0. The Morgan fingerprint density at radius 3 is 2.33 bits per heavy atom. The number of nitrogens with zero attached hydrogens (tertiary/aromatic N) is 2. The Kier molecular flexibility index (Phi) is 9.43. The third-order valence-corrected chi connectivity index (χ3v) is 6.29. The van der Waals surface area contributed by atoms with E-state index in [1.807, 2.05) is 0 Å². The largest absolute Gasteiger partial charge is 1.00 e. The fraction of sp³-hybridized carbons (Fsp3) is 0.0769. The number of benzene rings is 4. The molecular weight excluding hydrogens is 535 g/mol. The van der Waals surface area contributed by atoms with Crippen molar-refractivity contribution in [2.45, 2.75) is 11.8 Å². The van der Waals surface area contributed by atoms with Gasteiger partial charge in [0.1, 0.15) is 27.2 Å². The Balaban J connectivity index is 0.00000420. The third kappa shape index (κ3) is 6.80. The van der Waals surface area contributed by atoms with Gasteiger partial charge in [0, 0.05) is 18.0 Å². The van der Waals surface area contributed by atoms with Crippen molar-refractivity contribution >= 4 is 55.5 Å². The Hall–Kier alpha value is -3.81. The maximum absolute atomic E-state index is 13.1.